The normalized spacial score (nSPS) is 12.8. The molecule has 7 aromatic rings. The lowest BCUT2D eigenvalue weighted by molar-refractivity contribution is 1.21. The summed E-state index contributed by atoms with van der Waals surface area (Å²) >= 11 is 0. The molecule has 0 bridgehead atoms. The molecule has 8 rings (SSSR count). The van der Waals surface area contributed by atoms with Gasteiger partial charge >= 0.3 is 0 Å². The van der Waals surface area contributed by atoms with Crippen LogP contribution in [0, 0.1) is 0 Å². The summed E-state index contributed by atoms with van der Waals surface area (Å²) in [6, 6.07) is 43.6. The van der Waals surface area contributed by atoms with E-state index in [1.54, 1.807) is 0 Å². The van der Waals surface area contributed by atoms with Gasteiger partial charge in [-0.25, -0.2) is 9.97 Å². The predicted octanol–water partition coefficient (Wildman–Crippen LogP) is 7.49. The van der Waals surface area contributed by atoms with E-state index in [-0.39, 0.29) is 0 Å². The van der Waals surface area contributed by atoms with Gasteiger partial charge in [-0.3, -0.25) is 0 Å². The fraction of sp³-hybridized carbons (Fsp3) is 0.0286. The fourth-order valence-electron chi connectivity index (χ4n) is 6.12. The van der Waals surface area contributed by atoms with Gasteiger partial charge < -0.3 is 0 Å². The van der Waals surface area contributed by atoms with E-state index in [1.807, 2.05) is 6.07 Å². The van der Waals surface area contributed by atoms with Crippen LogP contribution in [-0.2, 0) is 0 Å². The molecule has 0 aliphatic carbocycles. The highest BCUT2D eigenvalue weighted by Crippen LogP contribution is 2.39. The molecule has 0 spiro atoms. The highest BCUT2D eigenvalue weighted by molar-refractivity contribution is 6.88. The zero-order valence-electron chi connectivity index (χ0n) is 20.9. The Morgan fingerprint density at radius 3 is 1.79 bits per heavy atom. The molecule has 0 N–H and O–H groups in total. The van der Waals surface area contributed by atoms with Gasteiger partial charge in [-0.05, 0) is 49.1 Å². The summed E-state index contributed by atoms with van der Waals surface area (Å²) in [5, 5.41) is 10.3. The number of aromatic nitrogens is 2. The fourth-order valence-corrected chi connectivity index (χ4v) is 8.24. The minimum absolute atomic E-state index is 0.806. The van der Waals surface area contributed by atoms with Crippen molar-refractivity contribution in [2.45, 2.75) is 6.55 Å². The first kappa shape index (κ1) is 21.5. The first-order valence-electron chi connectivity index (χ1n) is 13.0. The zero-order chi connectivity index (χ0) is 25.2. The van der Waals surface area contributed by atoms with E-state index in [2.05, 4.69) is 122 Å². The quantitative estimate of drug-likeness (QED) is 0.182. The van der Waals surface area contributed by atoms with E-state index in [0.29, 0.717) is 0 Å². The number of hydrogen-bond acceptors (Lipinski definition) is 2. The van der Waals surface area contributed by atoms with Crippen LogP contribution < -0.4 is 10.5 Å². The molecule has 2 heterocycles. The molecule has 0 atom stereocenters. The first-order valence-corrected chi connectivity index (χ1v) is 15.0. The molecular weight excluding hydrogens is 476 g/mol. The summed E-state index contributed by atoms with van der Waals surface area (Å²) in [7, 11) is -0.985. The van der Waals surface area contributed by atoms with Crippen LogP contribution in [0.1, 0.15) is 0 Å². The van der Waals surface area contributed by atoms with Crippen LogP contribution in [-0.4, -0.2) is 18.8 Å². The smallest absolute Gasteiger partial charge is 0.159 e. The molecule has 6 aromatic carbocycles. The number of benzene rings is 6. The molecule has 1 aliphatic rings. The number of hydrogen-bond donors (Lipinski definition) is 0. The second kappa shape index (κ2) is 8.20. The van der Waals surface area contributed by atoms with Gasteiger partial charge in [0.25, 0.3) is 0 Å². The Labute approximate surface area is 222 Å². The molecule has 0 fully saturated rings. The molecule has 3 heteroatoms. The standard InChI is InChI=1S/C35H23N2Si/c1-38-31-18-10-9-17-29(31)32-33(36-34(37-35(32)38)22-11-3-2-4-12-22)23-19-20-28-26-15-6-5-13-24(26)25-14-7-8-16-27(25)30(28)21-23/h2-21H,1H3. The molecular formula is C35H23N2Si. The number of fused-ring (bicyclic) bond motifs is 9. The van der Waals surface area contributed by atoms with Crippen LogP contribution in [0.5, 0.6) is 0 Å². The molecule has 1 radical (unpaired) electrons. The van der Waals surface area contributed by atoms with Gasteiger partial charge in [-0.1, -0.05) is 122 Å². The summed E-state index contributed by atoms with van der Waals surface area (Å²) in [4.78, 5) is 10.5. The monoisotopic (exact) mass is 499 g/mol. The minimum atomic E-state index is -0.985. The van der Waals surface area contributed by atoms with Gasteiger partial charge in [0.05, 0.1) is 5.69 Å². The summed E-state index contributed by atoms with van der Waals surface area (Å²) < 4.78 is 0. The maximum Gasteiger partial charge on any atom is 0.159 e. The van der Waals surface area contributed by atoms with Crippen molar-refractivity contribution in [3.8, 4) is 33.8 Å². The van der Waals surface area contributed by atoms with E-state index < -0.39 is 8.80 Å². The van der Waals surface area contributed by atoms with E-state index in [0.717, 1.165) is 22.6 Å². The van der Waals surface area contributed by atoms with Crippen molar-refractivity contribution in [1.29, 1.82) is 0 Å². The van der Waals surface area contributed by atoms with Crippen LogP contribution in [0.15, 0.2) is 121 Å². The topological polar surface area (TPSA) is 25.8 Å². The Bertz CT molecular complexity index is 2010. The van der Waals surface area contributed by atoms with Crippen LogP contribution in [0.3, 0.4) is 0 Å². The van der Waals surface area contributed by atoms with Crippen molar-refractivity contribution in [2.75, 3.05) is 0 Å². The van der Waals surface area contributed by atoms with E-state index in [4.69, 9.17) is 9.97 Å². The van der Waals surface area contributed by atoms with Gasteiger partial charge in [0.2, 0.25) is 0 Å². The van der Waals surface area contributed by atoms with Crippen LogP contribution in [0.25, 0.3) is 66.1 Å². The van der Waals surface area contributed by atoms with Gasteiger partial charge in [0.1, 0.15) is 8.80 Å². The largest absolute Gasteiger partial charge is 0.237 e. The summed E-state index contributed by atoms with van der Waals surface area (Å²) in [5.74, 6) is 0.806. The number of nitrogens with zero attached hydrogens (tertiary/aromatic N) is 2. The highest BCUT2D eigenvalue weighted by Gasteiger charge is 2.32. The number of rotatable bonds is 2. The van der Waals surface area contributed by atoms with Crippen molar-refractivity contribution < 1.29 is 0 Å². The molecule has 0 amide bonds. The molecule has 2 nitrogen and oxygen atoms in total. The van der Waals surface area contributed by atoms with Crippen molar-refractivity contribution in [2.24, 2.45) is 0 Å². The van der Waals surface area contributed by atoms with Gasteiger partial charge in [-0.15, -0.1) is 0 Å². The zero-order valence-corrected chi connectivity index (χ0v) is 21.9. The van der Waals surface area contributed by atoms with E-state index in [1.165, 1.54) is 53.9 Å². The molecule has 1 aliphatic heterocycles. The SMILES string of the molecule is C[Si]1c2ccccc2-c2c(-c3ccc4c5ccccc5c5ccccc5c4c3)nc(-c3ccccc3)nc21. The molecule has 0 unspecified atom stereocenters. The van der Waals surface area contributed by atoms with Crippen molar-refractivity contribution in [1.82, 2.24) is 9.97 Å². The molecule has 1 aromatic heterocycles. The second-order valence-corrected chi connectivity index (χ2v) is 12.3. The lowest BCUT2D eigenvalue weighted by Gasteiger charge is -2.15. The van der Waals surface area contributed by atoms with Gasteiger partial charge in [0.15, 0.2) is 5.82 Å². The van der Waals surface area contributed by atoms with Gasteiger partial charge in [-0.2, -0.15) is 0 Å². The van der Waals surface area contributed by atoms with Crippen molar-refractivity contribution in [3.63, 3.8) is 0 Å². The maximum absolute atomic E-state index is 5.27. The Kier molecular flexibility index (Phi) is 4.64. The van der Waals surface area contributed by atoms with Crippen molar-refractivity contribution >= 4 is 51.6 Å². The second-order valence-electron chi connectivity index (χ2n) is 10.0. The molecule has 38 heavy (non-hydrogen) atoms. The predicted molar refractivity (Wildman–Crippen MR) is 162 cm³/mol. The van der Waals surface area contributed by atoms with Crippen LogP contribution >= 0.6 is 0 Å². The maximum atomic E-state index is 5.27. The summed E-state index contributed by atoms with van der Waals surface area (Å²) in [5.41, 5.74) is 5.72. The van der Waals surface area contributed by atoms with Crippen LogP contribution in [0.4, 0.5) is 0 Å². The molecule has 0 saturated heterocycles. The Morgan fingerprint density at radius 2 is 1.08 bits per heavy atom. The third-order valence-corrected chi connectivity index (χ3v) is 10.2. The Hall–Kier alpha value is -4.60. The lowest BCUT2D eigenvalue weighted by Crippen LogP contribution is -2.36. The Balaban J connectivity index is 1.47. The average molecular weight is 500 g/mol. The third-order valence-electron chi connectivity index (χ3n) is 7.91. The highest BCUT2D eigenvalue weighted by atomic mass is 28.3. The Morgan fingerprint density at radius 1 is 0.500 bits per heavy atom. The van der Waals surface area contributed by atoms with E-state index in [9.17, 15) is 0 Å². The lowest BCUT2D eigenvalue weighted by atomic mass is 9.92. The summed E-state index contributed by atoms with van der Waals surface area (Å²) in [6.45, 7) is 2.36. The minimum Gasteiger partial charge on any atom is -0.237 e. The third kappa shape index (κ3) is 3.06. The first-order chi connectivity index (χ1) is 18.8. The van der Waals surface area contributed by atoms with E-state index >= 15 is 0 Å². The van der Waals surface area contributed by atoms with Crippen molar-refractivity contribution in [3.05, 3.63) is 121 Å². The summed E-state index contributed by atoms with van der Waals surface area (Å²) in [6.07, 6.45) is 0. The average Bonchev–Trinajstić information content (AvgIpc) is 3.29. The molecule has 0 saturated carbocycles. The van der Waals surface area contributed by atoms with Gasteiger partial charge in [0, 0.05) is 22.0 Å². The van der Waals surface area contributed by atoms with Crippen LogP contribution in [0.2, 0.25) is 6.55 Å². The molecule has 177 valence electrons.